The molecular formula is C8H16LiN. The van der Waals surface area contributed by atoms with E-state index in [-0.39, 0.29) is 18.9 Å². The van der Waals surface area contributed by atoms with Crippen molar-refractivity contribution in [3.63, 3.8) is 0 Å². The van der Waals surface area contributed by atoms with E-state index >= 15 is 0 Å². The summed E-state index contributed by atoms with van der Waals surface area (Å²) >= 11 is 0. The summed E-state index contributed by atoms with van der Waals surface area (Å²) in [7, 11) is 0. The Bertz CT molecular complexity index is 77.3. The van der Waals surface area contributed by atoms with Gasteiger partial charge >= 0.3 is 18.9 Å². The van der Waals surface area contributed by atoms with Crippen LogP contribution >= 0.6 is 0 Å². The van der Waals surface area contributed by atoms with Crippen molar-refractivity contribution >= 4 is 0 Å². The van der Waals surface area contributed by atoms with Crippen molar-refractivity contribution in [3.05, 3.63) is 6.92 Å². The molecule has 0 radical (unpaired) electrons. The zero-order valence-corrected chi connectivity index (χ0v) is 7.27. The molecule has 10 heavy (non-hydrogen) atoms. The van der Waals surface area contributed by atoms with E-state index in [1.807, 2.05) is 0 Å². The first kappa shape index (κ1) is 10.6. The quantitative estimate of drug-likeness (QED) is 0.329. The summed E-state index contributed by atoms with van der Waals surface area (Å²) in [5.74, 6) is 0.600. The van der Waals surface area contributed by atoms with E-state index in [4.69, 9.17) is 0 Å². The molecule has 1 unspecified atom stereocenters. The Labute approximate surface area is 76.3 Å². The smallest absolute Gasteiger partial charge is 0.339 e. The average molecular weight is 133 g/mol. The molecule has 0 aromatic heterocycles. The molecule has 0 bridgehead atoms. The van der Waals surface area contributed by atoms with E-state index in [0.717, 1.165) is 0 Å². The second-order valence-electron chi connectivity index (χ2n) is 3.11. The van der Waals surface area contributed by atoms with Gasteiger partial charge in [0.2, 0.25) is 0 Å². The Morgan fingerprint density at radius 2 is 1.90 bits per heavy atom. The molecule has 1 atom stereocenters. The summed E-state index contributed by atoms with van der Waals surface area (Å²) in [6.07, 6.45) is 2.79. The number of likely N-dealkylation sites (tertiary alicyclic amines) is 1. The third-order valence-electron chi connectivity index (χ3n) is 1.77. The average Bonchev–Trinajstić information content (AvgIpc) is 2.15. The van der Waals surface area contributed by atoms with Gasteiger partial charge in [0.1, 0.15) is 0 Å². The first-order chi connectivity index (χ1) is 4.29. The van der Waals surface area contributed by atoms with E-state index in [1.165, 1.54) is 32.5 Å². The number of hydrogen-bond acceptors (Lipinski definition) is 1. The van der Waals surface area contributed by atoms with Crippen molar-refractivity contribution in [1.82, 2.24) is 4.90 Å². The van der Waals surface area contributed by atoms with Crippen molar-refractivity contribution in [1.29, 1.82) is 0 Å². The summed E-state index contributed by atoms with van der Waals surface area (Å²) in [6, 6.07) is 0. The van der Waals surface area contributed by atoms with Crippen molar-refractivity contribution in [2.24, 2.45) is 5.92 Å². The Kier molecular flexibility index (Phi) is 5.53. The second-order valence-corrected chi connectivity index (χ2v) is 3.11. The predicted molar refractivity (Wildman–Crippen MR) is 40.2 cm³/mol. The van der Waals surface area contributed by atoms with Gasteiger partial charge in [-0.1, -0.05) is 6.92 Å². The van der Waals surface area contributed by atoms with Crippen molar-refractivity contribution in [2.45, 2.75) is 19.8 Å². The molecule has 0 N–H and O–H groups in total. The molecule has 54 valence electrons. The number of hydrogen-bond donors (Lipinski definition) is 0. The van der Waals surface area contributed by atoms with Gasteiger partial charge in [-0.3, -0.25) is 0 Å². The predicted octanol–water partition coefficient (Wildman–Crippen LogP) is -1.44. The molecule has 0 aromatic rings. The van der Waals surface area contributed by atoms with Crippen molar-refractivity contribution in [3.8, 4) is 0 Å². The number of nitrogens with zero attached hydrogens (tertiary/aromatic N) is 1. The van der Waals surface area contributed by atoms with E-state index in [1.54, 1.807) is 0 Å². The normalized spacial score (nSPS) is 22.2. The van der Waals surface area contributed by atoms with Crippen LogP contribution < -0.4 is 18.9 Å². The molecule has 1 aliphatic rings. The fraction of sp³-hybridized carbons (Fsp3) is 0.875. The molecular weight excluding hydrogens is 117 g/mol. The van der Waals surface area contributed by atoms with E-state index < -0.39 is 0 Å². The Hall–Kier alpha value is 0.557. The molecule has 0 amide bonds. The molecule has 0 spiro atoms. The third-order valence-corrected chi connectivity index (χ3v) is 1.77. The minimum absolute atomic E-state index is 0. The summed E-state index contributed by atoms with van der Waals surface area (Å²) in [5.41, 5.74) is 0. The van der Waals surface area contributed by atoms with E-state index in [2.05, 4.69) is 18.7 Å². The topological polar surface area (TPSA) is 3.24 Å². The van der Waals surface area contributed by atoms with Crippen LogP contribution in [0.25, 0.3) is 0 Å². The number of rotatable bonds is 2. The SMILES string of the molecule is [CH2-]C(C)CN1CCCC1.[Li+]. The van der Waals surface area contributed by atoms with Crippen LogP contribution in [-0.2, 0) is 0 Å². The van der Waals surface area contributed by atoms with Gasteiger partial charge in [-0.25, -0.2) is 0 Å². The van der Waals surface area contributed by atoms with Gasteiger partial charge in [-0.2, -0.15) is 5.92 Å². The van der Waals surface area contributed by atoms with Crippen molar-refractivity contribution in [2.75, 3.05) is 19.6 Å². The zero-order valence-electron chi connectivity index (χ0n) is 7.27. The van der Waals surface area contributed by atoms with Crippen LogP contribution in [0.1, 0.15) is 19.8 Å². The summed E-state index contributed by atoms with van der Waals surface area (Å²) in [4.78, 5) is 2.50. The van der Waals surface area contributed by atoms with Crippen LogP contribution in [0.3, 0.4) is 0 Å². The molecule has 1 rings (SSSR count). The molecule has 0 saturated carbocycles. The van der Waals surface area contributed by atoms with Crippen LogP contribution in [0.15, 0.2) is 0 Å². The Balaban J connectivity index is 0.000000810. The van der Waals surface area contributed by atoms with Crippen LogP contribution in [0, 0.1) is 12.8 Å². The monoisotopic (exact) mass is 133 g/mol. The summed E-state index contributed by atoms with van der Waals surface area (Å²) in [6.45, 7) is 9.94. The fourth-order valence-electron chi connectivity index (χ4n) is 1.41. The molecule has 1 nitrogen and oxygen atoms in total. The van der Waals surface area contributed by atoms with Crippen LogP contribution in [0.4, 0.5) is 0 Å². The largest absolute Gasteiger partial charge is 1.00 e. The minimum Gasteiger partial charge on any atom is -0.339 e. The van der Waals surface area contributed by atoms with E-state index in [9.17, 15) is 0 Å². The van der Waals surface area contributed by atoms with E-state index in [0.29, 0.717) is 5.92 Å². The molecule has 0 aromatic carbocycles. The van der Waals surface area contributed by atoms with Gasteiger partial charge < -0.3 is 11.8 Å². The first-order valence-electron chi connectivity index (χ1n) is 3.84. The zero-order chi connectivity index (χ0) is 6.69. The molecule has 1 fully saturated rings. The molecule has 1 heterocycles. The van der Waals surface area contributed by atoms with Gasteiger partial charge in [0.15, 0.2) is 0 Å². The van der Waals surface area contributed by atoms with Crippen LogP contribution in [0.5, 0.6) is 0 Å². The maximum Gasteiger partial charge on any atom is 1.00 e. The maximum absolute atomic E-state index is 3.96. The summed E-state index contributed by atoms with van der Waals surface area (Å²) in [5, 5.41) is 0. The van der Waals surface area contributed by atoms with Gasteiger partial charge in [0.05, 0.1) is 0 Å². The summed E-state index contributed by atoms with van der Waals surface area (Å²) < 4.78 is 0. The first-order valence-corrected chi connectivity index (χ1v) is 3.84. The third kappa shape index (κ3) is 3.66. The Morgan fingerprint density at radius 1 is 1.40 bits per heavy atom. The minimum atomic E-state index is 0. The maximum atomic E-state index is 3.96. The molecule has 0 aliphatic carbocycles. The second kappa shape index (κ2) is 5.24. The van der Waals surface area contributed by atoms with Gasteiger partial charge in [0.25, 0.3) is 0 Å². The Morgan fingerprint density at radius 3 is 2.30 bits per heavy atom. The van der Waals surface area contributed by atoms with Gasteiger partial charge in [-0.15, -0.1) is 0 Å². The standard InChI is InChI=1S/C8H16N.Li/c1-8(2)7-9-5-3-4-6-9;/h8H,1,3-7H2,2H3;/q-1;+1. The van der Waals surface area contributed by atoms with Gasteiger partial charge in [0, 0.05) is 0 Å². The molecule has 1 saturated heterocycles. The fourth-order valence-corrected chi connectivity index (χ4v) is 1.41. The van der Waals surface area contributed by atoms with Crippen molar-refractivity contribution < 1.29 is 18.9 Å². The van der Waals surface area contributed by atoms with Crippen LogP contribution in [0.2, 0.25) is 0 Å². The molecule has 1 aliphatic heterocycles. The molecule has 2 heteroatoms. The van der Waals surface area contributed by atoms with Gasteiger partial charge in [-0.05, 0) is 32.5 Å². The van der Waals surface area contributed by atoms with Crippen LogP contribution in [-0.4, -0.2) is 24.5 Å².